The molecule has 0 heterocycles. The number of rotatable bonds is 5. The van der Waals surface area contributed by atoms with Crippen molar-refractivity contribution in [3.8, 4) is 0 Å². The van der Waals surface area contributed by atoms with E-state index in [0.29, 0.717) is 24.2 Å². The molecule has 0 fully saturated rings. The summed E-state index contributed by atoms with van der Waals surface area (Å²) in [6, 6.07) is 5.22. The minimum atomic E-state index is -0.943. The summed E-state index contributed by atoms with van der Waals surface area (Å²) in [6.07, 6.45) is -1.27. The second-order valence-electron chi connectivity index (χ2n) is 3.68. The predicted octanol–water partition coefficient (Wildman–Crippen LogP) is 1.04. The first-order valence-electron chi connectivity index (χ1n) is 5.12. The maximum atomic E-state index is 9.91. The van der Waals surface area contributed by atoms with Crippen LogP contribution in [0.15, 0.2) is 22.7 Å². The van der Waals surface area contributed by atoms with E-state index in [1.165, 1.54) is 0 Å². The van der Waals surface area contributed by atoms with Crippen LogP contribution in [-0.4, -0.2) is 29.9 Å². The van der Waals surface area contributed by atoms with Crippen LogP contribution in [0.1, 0.15) is 18.1 Å². The van der Waals surface area contributed by atoms with Crippen LogP contribution in [-0.2, 0) is 0 Å². The van der Waals surface area contributed by atoms with Gasteiger partial charge in [0.15, 0.2) is 0 Å². The molecule has 90 valence electrons. The molecule has 0 aliphatic heterocycles. The minimum absolute atomic E-state index is 0.477. The number of nitrogen functional groups attached to an aromatic ring is 1. The van der Waals surface area contributed by atoms with Crippen LogP contribution in [0.2, 0.25) is 0 Å². The van der Waals surface area contributed by atoms with Gasteiger partial charge in [-0.15, -0.1) is 0 Å². The largest absolute Gasteiger partial charge is 0.398 e. The monoisotopic (exact) mass is 288 g/mol. The molecule has 1 rings (SSSR count). The van der Waals surface area contributed by atoms with Crippen molar-refractivity contribution < 1.29 is 10.2 Å². The third-order valence-corrected chi connectivity index (χ3v) is 2.92. The zero-order chi connectivity index (χ0) is 12.1. The average Bonchev–Trinajstić information content (AvgIpc) is 2.25. The molecule has 0 spiro atoms. The Hall–Kier alpha value is -0.620. The molecule has 0 amide bonds. The number of hydrogen-bond acceptors (Lipinski definition) is 4. The van der Waals surface area contributed by atoms with E-state index in [1.54, 1.807) is 25.2 Å². The molecule has 0 radical (unpaired) electrons. The number of anilines is 1. The molecule has 2 atom stereocenters. The fourth-order valence-electron chi connectivity index (χ4n) is 1.47. The number of hydrogen-bond donors (Lipinski definition) is 4. The second kappa shape index (κ2) is 6.20. The van der Waals surface area contributed by atoms with Crippen LogP contribution >= 0.6 is 15.9 Å². The van der Waals surface area contributed by atoms with E-state index in [0.717, 1.165) is 4.47 Å². The molecule has 0 saturated heterocycles. The lowest BCUT2D eigenvalue weighted by molar-refractivity contribution is 0.0144. The van der Waals surface area contributed by atoms with Gasteiger partial charge in [-0.2, -0.15) is 0 Å². The van der Waals surface area contributed by atoms with Crippen LogP contribution in [0, 0.1) is 0 Å². The molecule has 4 nitrogen and oxygen atoms in total. The van der Waals surface area contributed by atoms with Crippen LogP contribution in [0.4, 0.5) is 5.69 Å². The zero-order valence-electron chi connectivity index (χ0n) is 9.15. The van der Waals surface area contributed by atoms with Crippen molar-refractivity contribution >= 4 is 21.6 Å². The Morgan fingerprint density at radius 3 is 2.69 bits per heavy atom. The van der Waals surface area contributed by atoms with Crippen molar-refractivity contribution in [2.75, 3.05) is 19.3 Å². The summed E-state index contributed by atoms with van der Waals surface area (Å²) in [5, 5.41) is 22.6. The third kappa shape index (κ3) is 3.45. The van der Waals surface area contributed by atoms with Crippen molar-refractivity contribution in [1.29, 1.82) is 0 Å². The molecule has 16 heavy (non-hydrogen) atoms. The topological polar surface area (TPSA) is 78.5 Å². The number of aliphatic hydroxyl groups excluding tert-OH is 2. The maximum Gasteiger partial charge on any atom is 0.107 e. The number of nitrogens with one attached hydrogen (secondary N) is 1. The Morgan fingerprint density at radius 1 is 1.44 bits per heavy atom. The molecule has 2 unspecified atom stereocenters. The summed E-state index contributed by atoms with van der Waals surface area (Å²) in [4.78, 5) is 0. The predicted molar refractivity (Wildman–Crippen MR) is 68.1 cm³/mol. The smallest absolute Gasteiger partial charge is 0.107 e. The van der Waals surface area contributed by atoms with Crippen molar-refractivity contribution in [1.82, 2.24) is 5.32 Å². The average molecular weight is 289 g/mol. The summed E-state index contributed by atoms with van der Waals surface area (Å²) in [5.74, 6) is 0. The first-order valence-corrected chi connectivity index (χ1v) is 5.91. The van der Waals surface area contributed by atoms with Gasteiger partial charge in [0.05, 0.1) is 6.10 Å². The Balaban J connectivity index is 2.75. The molecule has 1 aromatic carbocycles. The van der Waals surface area contributed by atoms with Gasteiger partial charge in [0.2, 0.25) is 0 Å². The SMILES string of the molecule is CNCCC(O)C(O)c1ccc(Br)cc1N. The van der Waals surface area contributed by atoms with E-state index in [-0.39, 0.29) is 0 Å². The van der Waals surface area contributed by atoms with Crippen LogP contribution in [0.5, 0.6) is 0 Å². The van der Waals surface area contributed by atoms with Gasteiger partial charge in [0, 0.05) is 15.7 Å². The van der Waals surface area contributed by atoms with Crippen molar-refractivity contribution in [2.45, 2.75) is 18.6 Å². The van der Waals surface area contributed by atoms with E-state index in [1.807, 2.05) is 0 Å². The van der Waals surface area contributed by atoms with E-state index in [9.17, 15) is 10.2 Å². The van der Waals surface area contributed by atoms with Crippen LogP contribution < -0.4 is 11.1 Å². The summed E-state index contributed by atoms with van der Waals surface area (Å²) in [6.45, 7) is 0.647. The fourth-order valence-corrected chi connectivity index (χ4v) is 1.85. The van der Waals surface area contributed by atoms with E-state index in [2.05, 4.69) is 21.2 Å². The van der Waals surface area contributed by atoms with Gasteiger partial charge in [0.1, 0.15) is 6.10 Å². The van der Waals surface area contributed by atoms with Gasteiger partial charge >= 0.3 is 0 Å². The number of benzene rings is 1. The van der Waals surface area contributed by atoms with Crippen molar-refractivity contribution in [2.24, 2.45) is 0 Å². The van der Waals surface area contributed by atoms with E-state index in [4.69, 9.17) is 5.73 Å². The maximum absolute atomic E-state index is 9.91. The third-order valence-electron chi connectivity index (χ3n) is 2.42. The molecule has 0 aliphatic carbocycles. The Kier molecular flexibility index (Phi) is 5.21. The van der Waals surface area contributed by atoms with Gasteiger partial charge in [-0.25, -0.2) is 0 Å². The molecule has 0 aromatic heterocycles. The van der Waals surface area contributed by atoms with E-state index >= 15 is 0 Å². The van der Waals surface area contributed by atoms with Gasteiger partial charge in [-0.1, -0.05) is 22.0 Å². The van der Waals surface area contributed by atoms with Gasteiger partial charge in [-0.05, 0) is 32.1 Å². The molecular weight excluding hydrogens is 272 g/mol. The Bertz CT molecular complexity index is 347. The standard InChI is InChI=1S/C11H17BrN2O2/c1-14-5-4-10(15)11(16)8-3-2-7(12)6-9(8)13/h2-3,6,10-11,14-16H,4-5,13H2,1H3. The molecular formula is C11H17BrN2O2. The fraction of sp³-hybridized carbons (Fsp3) is 0.455. The minimum Gasteiger partial charge on any atom is -0.398 e. The summed E-state index contributed by atoms with van der Waals surface area (Å²) in [5.41, 5.74) is 6.81. The first kappa shape index (κ1) is 13.4. The Morgan fingerprint density at radius 2 is 2.12 bits per heavy atom. The van der Waals surface area contributed by atoms with Crippen LogP contribution in [0.3, 0.4) is 0 Å². The highest BCUT2D eigenvalue weighted by Gasteiger charge is 2.19. The molecule has 0 saturated carbocycles. The van der Waals surface area contributed by atoms with Crippen LogP contribution in [0.25, 0.3) is 0 Å². The number of aliphatic hydroxyl groups is 2. The molecule has 0 aliphatic rings. The molecule has 1 aromatic rings. The highest BCUT2D eigenvalue weighted by atomic mass is 79.9. The number of nitrogens with two attached hydrogens (primary N) is 1. The van der Waals surface area contributed by atoms with Gasteiger partial charge in [0.25, 0.3) is 0 Å². The second-order valence-corrected chi connectivity index (χ2v) is 4.59. The molecule has 0 bridgehead atoms. The zero-order valence-corrected chi connectivity index (χ0v) is 10.7. The molecule has 5 N–H and O–H groups in total. The highest BCUT2D eigenvalue weighted by molar-refractivity contribution is 9.10. The number of halogens is 1. The lowest BCUT2D eigenvalue weighted by Gasteiger charge is -2.19. The highest BCUT2D eigenvalue weighted by Crippen LogP contribution is 2.27. The summed E-state index contributed by atoms with van der Waals surface area (Å²) >= 11 is 3.29. The first-order chi connectivity index (χ1) is 7.56. The summed E-state index contributed by atoms with van der Waals surface area (Å²) in [7, 11) is 1.80. The van der Waals surface area contributed by atoms with Gasteiger partial charge in [-0.3, -0.25) is 0 Å². The van der Waals surface area contributed by atoms with Gasteiger partial charge < -0.3 is 21.3 Å². The quantitative estimate of drug-likeness (QED) is 0.611. The molecule has 5 heteroatoms. The Labute approximate surface area is 104 Å². The van der Waals surface area contributed by atoms with Crippen molar-refractivity contribution in [3.05, 3.63) is 28.2 Å². The lowest BCUT2D eigenvalue weighted by atomic mass is 10.0. The van der Waals surface area contributed by atoms with E-state index < -0.39 is 12.2 Å². The van der Waals surface area contributed by atoms with Crippen molar-refractivity contribution in [3.63, 3.8) is 0 Å². The lowest BCUT2D eigenvalue weighted by Crippen LogP contribution is -2.23. The normalized spacial score (nSPS) is 14.8. The summed E-state index contributed by atoms with van der Waals surface area (Å²) < 4.78 is 0.852.